The van der Waals surface area contributed by atoms with Gasteiger partial charge in [0.2, 0.25) is 10.0 Å². The van der Waals surface area contributed by atoms with Crippen LogP contribution in [0.3, 0.4) is 0 Å². The number of sulfonamides is 1. The van der Waals surface area contributed by atoms with E-state index in [1.807, 2.05) is 6.92 Å². The number of furan rings is 2. The van der Waals surface area contributed by atoms with E-state index in [4.69, 9.17) is 8.83 Å². The molecule has 0 unspecified atom stereocenters. The predicted octanol–water partition coefficient (Wildman–Crippen LogP) is 4.12. The third-order valence-corrected chi connectivity index (χ3v) is 6.22. The van der Waals surface area contributed by atoms with Crippen molar-refractivity contribution in [1.29, 1.82) is 0 Å². The Hall–Kier alpha value is -2.90. The smallest absolute Gasteiger partial charge is 0.244 e. The largest absolute Gasteiger partial charge is 0.468 e. The van der Waals surface area contributed by atoms with E-state index in [2.05, 4.69) is 4.98 Å². The van der Waals surface area contributed by atoms with E-state index in [9.17, 15) is 8.42 Å². The number of pyridine rings is 1. The summed E-state index contributed by atoms with van der Waals surface area (Å²) in [5.41, 5.74) is 1.60. The summed E-state index contributed by atoms with van der Waals surface area (Å²) in [6, 6.07) is 13.9. The van der Waals surface area contributed by atoms with E-state index in [0.717, 1.165) is 5.56 Å². The lowest BCUT2D eigenvalue weighted by atomic mass is 10.1. The lowest BCUT2D eigenvalue weighted by molar-refractivity contribution is 0.331. The summed E-state index contributed by atoms with van der Waals surface area (Å²) >= 11 is 0. The summed E-state index contributed by atoms with van der Waals surface area (Å²) in [6.45, 7) is 2.12. The van der Waals surface area contributed by atoms with E-state index >= 15 is 0 Å². The van der Waals surface area contributed by atoms with Gasteiger partial charge in [-0.3, -0.25) is 4.98 Å². The molecule has 4 aromatic rings. The van der Waals surface area contributed by atoms with Crippen LogP contribution in [0.15, 0.2) is 81.0 Å². The molecule has 0 N–H and O–H groups in total. The molecular formula is C20H18N2O4S. The van der Waals surface area contributed by atoms with Gasteiger partial charge in [-0.1, -0.05) is 6.07 Å². The van der Waals surface area contributed by atoms with Gasteiger partial charge in [0.05, 0.1) is 36.0 Å². The van der Waals surface area contributed by atoms with Gasteiger partial charge in [0.15, 0.2) is 0 Å². The topological polar surface area (TPSA) is 76.6 Å². The highest BCUT2D eigenvalue weighted by Crippen LogP contribution is 2.29. The van der Waals surface area contributed by atoms with Crippen molar-refractivity contribution in [2.45, 2.75) is 24.9 Å². The van der Waals surface area contributed by atoms with E-state index in [1.165, 1.54) is 16.8 Å². The Morgan fingerprint density at radius 2 is 1.59 bits per heavy atom. The first-order valence-corrected chi connectivity index (χ1v) is 9.89. The lowest BCUT2D eigenvalue weighted by Gasteiger charge is -2.21. The van der Waals surface area contributed by atoms with Gasteiger partial charge in [-0.05, 0) is 55.0 Å². The van der Waals surface area contributed by atoms with E-state index < -0.39 is 10.0 Å². The van der Waals surface area contributed by atoms with Crippen LogP contribution in [0.5, 0.6) is 0 Å². The average molecular weight is 382 g/mol. The van der Waals surface area contributed by atoms with Crippen LogP contribution in [0.1, 0.15) is 17.1 Å². The molecule has 0 spiro atoms. The van der Waals surface area contributed by atoms with Crippen molar-refractivity contribution in [3.63, 3.8) is 0 Å². The molecule has 0 radical (unpaired) electrons. The number of aromatic nitrogens is 1. The fourth-order valence-corrected chi connectivity index (χ4v) is 4.59. The number of nitrogens with zero attached hydrogens (tertiary/aromatic N) is 2. The molecule has 4 rings (SSSR count). The molecule has 0 atom stereocenters. The molecule has 0 aliphatic carbocycles. The van der Waals surface area contributed by atoms with Gasteiger partial charge in [0.1, 0.15) is 11.5 Å². The zero-order valence-electron chi connectivity index (χ0n) is 14.7. The quantitative estimate of drug-likeness (QED) is 0.501. The second kappa shape index (κ2) is 7.02. The van der Waals surface area contributed by atoms with Gasteiger partial charge >= 0.3 is 0 Å². The zero-order chi connectivity index (χ0) is 18.9. The number of rotatable bonds is 6. The number of hydrogen-bond donors (Lipinski definition) is 0. The minimum absolute atomic E-state index is 0.103. The Morgan fingerprint density at radius 3 is 2.19 bits per heavy atom. The molecule has 0 amide bonds. The predicted molar refractivity (Wildman–Crippen MR) is 100 cm³/mol. The van der Waals surface area contributed by atoms with Gasteiger partial charge in [0.25, 0.3) is 0 Å². The van der Waals surface area contributed by atoms with Crippen LogP contribution in [0, 0.1) is 6.92 Å². The Kier molecular flexibility index (Phi) is 4.55. The molecule has 0 aliphatic rings. The third kappa shape index (κ3) is 3.39. The molecule has 0 saturated carbocycles. The van der Waals surface area contributed by atoms with Gasteiger partial charge in [0, 0.05) is 11.6 Å². The molecule has 138 valence electrons. The normalized spacial score (nSPS) is 12.1. The molecule has 0 aliphatic heterocycles. The Labute approximate surface area is 157 Å². The van der Waals surface area contributed by atoms with Crippen molar-refractivity contribution in [3.05, 3.63) is 84.3 Å². The molecule has 3 heterocycles. The first-order valence-electron chi connectivity index (χ1n) is 8.45. The number of hydrogen-bond acceptors (Lipinski definition) is 5. The van der Waals surface area contributed by atoms with Crippen LogP contribution in [-0.4, -0.2) is 17.7 Å². The highest BCUT2D eigenvalue weighted by molar-refractivity contribution is 7.89. The van der Waals surface area contributed by atoms with Crippen molar-refractivity contribution < 1.29 is 17.3 Å². The van der Waals surface area contributed by atoms with Crippen molar-refractivity contribution in [1.82, 2.24) is 9.29 Å². The second-order valence-corrected chi connectivity index (χ2v) is 8.12. The van der Waals surface area contributed by atoms with E-state index in [0.29, 0.717) is 22.4 Å². The highest BCUT2D eigenvalue weighted by Gasteiger charge is 2.28. The average Bonchev–Trinajstić information content (AvgIpc) is 3.35. The van der Waals surface area contributed by atoms with Gasteiger partial charge in [-0.2, -0.15) is 4.31 Å². The number of aryl methyl sites for hydroxylation is 1. The molecule has 3 aromatic heterocycles. The molecule has 1 aromatic carbocycles. The van der Waals surface area contributed by atoms with Crippen molar-refractivity contribution in [2.75, 3.05) is 0 Å². The summed E-state index contributed by atoms with van der Waals surface area (Å²) in [6.07, 6.45) is 4.71. The van der Waals surface area contributed by atoms with Crippen LogP contribution >= 0.6 is 0 Å². The van der Waals surface area contributed by atoms with Crippen LogP contribution < -0.4 is 0 Å². The summed E-state index contributed by atoms with van der Waals surface area (Å²) in [7, 11) is -3.82. The van der Waals surface area contributed by atoms with Crippen LogP contribution in [0.25, 0.3) is 10.9 Å². The Bertz CT molecular complexity index is 1110. The fourth-order valence-electron chi connectivity index (χ4n) is 3.03. The van der Waals surface area contributed by atoms with Gasteiger partial charge in [-0.15, -0.1) is 0 Å². The Morgan fingerprint density at radius 1 is 0.926 bits per heavy atom. The maximum atomic E-state index is 13.5. The van der Waals surface area contributed by atoms with Crippen molar-refractivity contribution in [2.24, 2.45) is 0 Å². The maximum absolute atomic E-state index is 13.5. The maximum Gasteiger partial charge on any atom is 0.244 e. The molecular weight excluding hydrogens is 364 g/mol. The van der Waals surface area contributed by atoms with Crippen molar-refractivity contribution in [3.8, 4) is 0 Å². The first-order chi connectivity index (χ1) is 13.1. The Balaban J connectivity index is 1.82. The molecule has 7 heteroatoms. The highest BCUT2D eigenvalue weighted by atomic mass is 32.2. The van der Waals surface area contributed by atoms with Gasteiger partial charge in [-0.25, -0.2) is 8.42 Å². The third-order valence-electron chi connectivity index (χ3n) is 4.37. The number of fused-ring (bicyclic) bond motifs is 1. The summed E-state index contributed by atoms with van der Waals surface area (Å²) in [4.78, 5) is 4.56. The zero-order valence-corrected chi connectivity index (χ0v) is 15.5. The minimum atomic E-state index is -3.82. The molecule has 6 nitrogen and oxygen atoms in total. The SMILES string of the molecule is Cc1ccc(S(=O)(=O)N(Cc2ccco2)Cc2ccco2)c2cccnc12. The minimum Gasteiger partial charge on any atom is -0.468 e. The first kappa shape index (κ1) is 17.5. The van der Waals surface area contributed by atoms with Gasteiger partial charge < -0.3 is 8.83 Å². The van der Waals surface area contributed by atoms with Crippen LogP contribution in [0.4, 0.5) is 0 Å². The van der Waals surface area contributed by atoms with E-state index in [1.54, 1.807) is 54.7 Å². The molecule has 0 fully saturated rings. The van der Waals surface area contributed by atoms with Crippen LogP contribution in [0.2, 0.25) is 0 Å². The van der Waals surface area contributed by atoms with Crippen molar-refractivity contribution >= 4 is 20.9 Å². The van der Waals surface area contributed by atoms with E-state index in [-0.39, 0.29) is 18.0 Å². The summed E-state index contributed by atoms with van der Waals surface area (Å²) in [5.74, 6) is 1.11. The number of benzene rings is 1. The van der Waals surface area contributed by atoms with Crippen LogP contribution in [-0.2, 0) is 23.1 Å². The molecule has 0 saturated heterocycles. The second-order valence-electron chi connectivity index (χ2n) is 6.21. The molecule has 27 heavy (non-hydrogen) atoms. The lowest BCUT2D eigenvalue weighted by Crippen LogP contribution is -2.30. The monoisotopic (exact) mass is 382 g/mol. The molecule has 0 bridgehead atoms. The fraction of sp³-hybridized carbons (Fsp3) is 0.150. The summed E-state index contributed by atoms with van der Waals surface area (Å²) < 4.78 is 39.1. The summed E-state index contributed by atoms with van der Waals surface area (Å²) in [5, 5.41) is 0.599. The standard InChI is InChI=1S/C20H18N2O4S/c1-15-8-9-19(18-7-2-10-21-20(15)18)27(23,24)22(13-16-5-3-11-25-16)14-17-6-4-12-26-17/h2-12H,13-14H2,1H3.